The van der Waals surface area contributed by atoms with E-state index in [2.05, 4.69) is 0 Å². The van der Waals surface area contributed by atoms with Crippen LogP contribution in [0, 0.1) is 0 Å². The van der Waals surface area contributed by atoms with E-state index in [9.17, 15) is 23.1 Å². The van der Waals surface area contributed by atoms with Crippen molar-refractivity contribution in [2.45, 2.75) is 57.0 Å². The summed E-state index contributed by atoms with van der Waals surface area (Å²) in [6, 6.07) is 11.5. The minimum Gasteiger partial charge on any atom is -0.480 e. The number of nitrogens with zero attached hydrogens (tertiary/aromatic N) is 1. The number of alkyl halides is 3. The Labute approximate surface area is 155 Å². The number of hydrogen-bond acceptors (Lipinski definition) is 3. The maximum absolute atomic E-state index is 14.0. The molecule has 0 aromatic heterocycles. The van der Waals surface area contributed by atoms with Crippen molar-refractivity contribution in [1.29, 1.82) is 0 Å². The molecule has 0 bridgehead atoms. The van der Waals surface area contributed by atoms with Crippen LogP contribution in [0.2, 0.25) is 0 Å². The Kier molecular flexibility index (Phi) is 5.44. The average Bonchev–Trinajstić information content (AvgIpc) is 2.65. The van der Waals surface area contributed by atoms with Crippen molar-refractivity contribution < 1.29 is 27.9 Å². The number of hydroxylamine groups is 2. The number of carboxylic acid groups (broad SMARTS) is 1. The van der Waals surface area contributed by atoms with Crippen LogP contribution in [-0.4, -0.2) is 28.5 Å². The number of benzene rings is 2. The van der Waals surface area contributed by atoms with Gasteiger partial charge in [-0.15, -0.1) is 0 Å². The largest absolute Gasteiger partial charge is 0.484 e. The van der Waals surface area contributed by atoms with Crippen molar-refractivity contribution in [2.75, 3.05) is 0 Å². The molecule has 2 aromatic rings. The van der Waals surface area contributed by atoms with E-state index in [1.54, 1.807) is 36.4 Å². The fourth-order valence-corrected chi connectivity index (χ4v) is 3.70. The fraction of sp³-hybridized carbons (Fsp3) is 0.450. The minimum absolute atomic E-state index is 0.0428. The molecule has 2 aromatic carbocycles. The topological polar surface area (TPSA) is 49.8 Å². The molecule has 1 aliphatic rings. The molecule has 0 amide bonds. The van der Waals surface area contributed by atoms with Gasteiger partial charge in [0.1, 0.15) is 0 Å². The van der Waals surface area contributed by atoms with Crippen LogP contribution in [0.1, 0.15) is 44.6 Å². The Morgan fingerprint density at radius 2 is 1.70 bits per heavy atom. The summed E-state index contributed by atoms with van der Waals surface area (Å²) in [5.74, 6) is -1.62. The van der Waals surface area contributed by atoms with E-state index in [1.165, 1.54) is 6.07 Å². The third-order valence-electron chi connectivity index (χ3n) is 5.17. The van der Waals surface area contributed by atoms with Gasteiger partial charge in [-0.2, -0.15) is 13.2 Å². The van der Waals surface area contributed by atoms with Gasteiger partial charge in [-0.05, 0) is 36.1 Å². The van der Waals surface area contributed by atoms with E-state index in [1.807, 2.05) is 0 Å². The second kappa shape index (κ2) is 7.48. The van der Waals surface area contributed by atoms with Crippen molar-refractivity contribution in [3.8, 4) is 0 Å². The highest BCUT2D eigenvalue weighted by Gasteiger charge is 2.56. The summed E-state index contributed by atoms with van der Waals surface area (Å²) in [6.07, 6.45) is -2.15. The molecule has 0 aliphatic heterocycles. The molecule has 1 N–H and O–H groups in total. The number of rotatable bonds is 5. The number of fused-ring (bicyclic) bond motifs is 1. The summed E-state index contributed by atoms with van der Waals surface area (Å²) in [6.45, 7) is 1.05. The van der Waals surface area contributed by atoms with Gasteiger partial charge in [0, 0.05) is 0 Å². The number of carboxylic acids is 1. The van der Waals surface area contributed by atoms with E-state index in [0.29, 0.717) is 23.6 Å². The molecule has 0 spiro atoms. The molecule has 0 heterocycles. The van der Waals surface area contributed by atoms with Gasteiger partial charge in [-0.1, -0.05) is 66.8 Å². The second-order valence-corrected chi connectivity index (χ2v) is 7.03. The van der Waals surface area contributed by atoms with E-state index >= 15 is 0 Å². The molecular formula is C20H22F3NO3. The highest BCUT2D eigenvalue weighted by Crippen LogP contribution is 2.42. The van der Waals surface area contributed by atoms with Crippen molar-refractivity contribution in [3.63, 3.8) is 0 Å². The average molecular weight is 381 g/mol. The number of hydrogen-bond donors (Lipinski definition) is 1. The Morgan fingerprint density at radius 3 is 2.33 bits per heavy atom. The van der Waals surface area contributed by atoms with Crippen molar-refractivity contribution in [3.05, 3.63) is 48.0 Å². The summed E-state index contributed by atoms with van der Waals surface area (Å²) in [5.41, 5.74) is -2.38. The Hall–Kier alpha value is -2.12. The normalized spacial score (nSPS) is 18.6. The zero-order chi connectivity index (χ0) is 19.7. The first kappa shape index (κ1) is 19.6. The lowest BCUT2D eigenvalue weighted by Crippen LogP contribution is -2.57. The molecule has 27 heavy (non-hydrogen) atoms. The molecule has 1 fully saturated rings. The maximum Gasteiger partial charge on any atom is 0.484 e. The van der Waals surface area contributed by atoms with Gasteiger partial charge in [0.05, 0.1) is 6.10 Å². The number of halogens is 3. The van der Waals surface area contributed by atoms with Crippen LogP contribution < -0.4 is 0 Å². The van der Waals surface area contributed by atoms with Gasteiger partial charge in [-0.25, -0.2) is 4.79 Å². The molecule has 1 atom stereocenters. The quantitative estimate of drug-likeness (QED) is 0.569. The monoisotopic (exact) mass is 381 g/mol. The first-order chi connectivity index (χ1) is 12.7. The van der Waals surface area contributed by atoms with Gasteiger partial charge in [0.15, 0.2) is 5.54 Å². The summed E-state index contributed by atoms with van der Waals surface area (Å²) in [7, 11) is 0. The zero-order valence-electron chi connectivity index (χ0n) is 15.0. The molecule has 0 saturated heterocycles. The molecule has 7 heteroatoms. The molecule has 1 saturated carbocycles. The third kappa shape index (κ3) is 3.80. The standard InChI is InChI=1S/C20H22F3NO3/c1-19(18(25)26,17-13-7-9-14-8-5-6-12-16(14)17)24(20(21,22)23)27-15-10-3-2-4-11-15/h5-9,12-13,15H,2-4,10-11H2,1H3,(H,25,26). The van der Waals surface area contributed by atoms with Crippen LogP contribution in [0.15, 0.2) is 42.5 Å². The van der Waals surface area contributed by atoms with E-state index in [4.69, 9.17) is 4.84 Å². The Morgan fingerprint density at radius 1 is 1.07 bits per heavy atom. The van der Waals surface area contributed by atoms with E-state index in [-0.39, 0.29) is 10.6 Å². The fourth-order valence-electron chi connectivity index (χ4n) is 3.70. The van der Waals surface area contributed by atoms with Crippen LogP contribution in [0.5, 0.6) is 0 Å². The van der Waals surface area contributed by atoms with Gasteiger partial charge < -0.3 is 5.11 Å². The first-order valence-corrected chi connectivity index (χ1v) is 9.00. The SMILES string of the molecule is CC(C(=O)O)(c1cccc2ccccc12)N(OC1CCCCC1)C(F)(F)F. The number of carbonyl (C=O) groups is 1. The molecule has 1 aliphatic carbocycles. The van der Waals surface area contributed by atoms with Gasteiger partial charge >= 0.3 is 12.3 Å². The zero-order valence-corrected chi connectivity index (χ0v) is 15.0. The second-order valence-electron chi connectivity index (χ2n) is 7.03. The molecule has 4 nitrogen and oxygen atoms in total. The van der Waals surface area contributed by atoms with Crippen LogP contribution >= 0.6 is 0 Å². The predicted octanol–water partition coefficient (Wildman–Crippen LogP) is 5.23. The van der Waals surface area contributed by atoms with Crippen LogP contribution in [0.3, 0.4) is 0 Å². The van der Waals surface area contributed by atoms with Crippen LogP contribution in [0.4, 0.5) is 13.2 Å². The highest BCUT2D eigenvalue weighted by molar-refractivity contribution is 5.92. The van der Waals surface area contributed by atoms with Gasteiger partial charge in [0.25, 0.3) is 0 Å². The summed E-state index contributed by atoms with van der Waals surface area (Å²) in [5, 5.41) is 10.7. The molecule has 3 rings (SSSR count). The Balaban J connectivity index is 2.12. The van der Waals surface area contributed by atoms with Gasteiger partial charge in [-0.3, -0.25) is 4.84 Å². The van der Waals surface area contributed by atoms with E-state index < -0.39 is 23.9 Å². The summed E-state index contributed by atoms with van der Waals surface area (Å²) in [4.78, 5) is 17.5. The smallest absolute Gasteiger partial charge is 0.480 e. The molecule has 146 valence electrons. The lowest BCUT2D eigenvalue weighted by Gasteiger charge is -2.40. The van der Waals surface area contributed by atoms with Crippen molar-refractivity contribution in [1.82, 2.24) is 5.06 Å². The Bertz CT molecular complexity index is 812. The molecule has 0 radical (unpaired) electrons. The lowest BCUT2D eigenvalue weighted by atomic mass is 9.87. The summed E-state index contributed by atoms with van der Waals surface area (Å²) >= 11 is 0. The first-order valence-electron chi connectivity index (χ1n) is 9.00. The van der Waals surface area contributed by atoms with E-state index in [0.717, 1.165) is 26.2 Å². The number of aliphatic carboxylic acids is 1. The molecule has 1 unspecified atom stereocenters. The lowest BCUT2D eigenvalue weighted by molar-refractivity contribution is -0.416. The summed E-state index contributed by atoms with van der Waals surface area (Å²) < 4.78 is 41.9. The minimum atomic E-state index is -4.97. The van der Waals surface area contributed by atoms with Crippen LogP contribution in [-0.2, 0) is 15.2 Å². The third-order valence-corrected chi connectivity index (χ3v) is 5.17. The van der Waals surface area contributed by atoms with Crippen molar-refractivity contribution >= 4 is 16.7 Å². The van der Waals surface area contributed by atoms with Crippen molar-refractivity contribution in [2.24, 2.45) is 0 Å². The highest BCUT2D eigenvalue weighted by atomic mass is 19.4. The predicted molar refractivity (Wildman–Crippen MR) is 94.8 cm³/mol. The molecular weight excluding hydrogens is 359 g/mol. The van der Waals surface area contributed by atoms with Gasteiger partial charge in [0.2, 0.25) is 0 Å². The maximum atomic E-state index is 14.0. The van der Waals surface area contributed by atoms with Crippen LogP contribution in [0.25, 0.3) is 10.8 Å².